The lowest BCUT2D eigenvalue weighted by atomic mass is 9.97. The molecule has 1 aromatic heterocycles. The van der Waals surface area contributed by atoms with Crippen molar-refractivity contribution in [3.05, 3.63) is 60.2 Å². The standard InChI is InChI=1S/C21H22FN3O6S/c1-31-20(29)17(25-21(30)24-16-6-4-15(22)5-7-16)12-32-11-14(9-18(26)27)19(28)13-3-2-8-23-10-13/h2-8,10,14,17H,9,11-12H2,1H3,(H,26,27)(H2,24,25,30)/t14?,17-/m0/s1. The molecule has 0 aliphatic carbocycles. The van der Waals surface area contributed by atoms with Gasteiger partial charge in [-0.2, -0.15) is 11.8 Å². The second kappa shape index (κ2) is 12.4. The molecule has 0 saturated heterocycles. The van der Waals surface area contributed by atoms with Gasteiger partial charge in [0.2, 0.25) is 0 Å². The zero-order valence-corrected chi connectivity index (χ0v) is 17.9. The van der Waals surface area contributed by atoms with Crippen LogP contribution in [0.15, 0.2) is 48.8 Å². The number of ketones is 1. The van der Waals surface area contributed by atoms with Gasteiger partial charge in [0.1, 0.15) is 11.9 Å². The lowest BCUT2D eigenvalue weighted by molar-refractivity contribution is -0.142. The fourth-order valence-electron chi connectivity index (χ4n) is 2.68. The van der Waals surface area contributed by atoms with E-state index >= 15 is 0 Å². The van der Waals surface area contributed by atoms with Crippen LogP contribution in [-0.2, 0) is 14.3 Å². The third-order valence-electron chi connectivity index (χ3n) is 4.23. The van der Waals surface area contributed by atoms with E-state index in [1.54, 1.807) is 12.1 Å². The van der Waals surface area contributed by atoms with Crippen LogP contribution in [0, 0.1) is 11.7 Å². The summed E-state index contributed by atoms with van der Waals surface area (Å²) in [5.41, 5.74) is 0.615. The first kappa shape index (κ1) is 24.8. The van der Waals surface area contributed by atoms with Gasteiger partial charge in [0, 0.05) is 41.1 Å². The predicted octanol–water partition coefficient (Wildman–Crippen LogP) is 2.59. The molecule has 2 atom stereocenters. The van der Waals surface area contributed by atoms with Crippen molar-refractivity contribution in [3.63, 3.8) is 0 Å². The zero-order valence-electron chi connectivity index (χ0n) is 17.1. The minimum atomic E-state index is -1.13. The Morgan fingerprint density at radius 2 is 1.88 bits per heavy atom. The number of hydrogen-bond donors (Lipinski definition) is 3. The second-order valence-electron chi connectivity index (χ2n) is 6.62. The molecule has 9 nitrogen and oxygen atoms in total. The van der Waals surface area contributed by atoms with E-state index in [1.165, 1.54) is 43.8 Å². The Kier molecular flexibility index (Phi) is 9.61. The smallest absolute Gasteiger partial charge is 0.329 e. The number of carbonyl (C=O) groups excluding carboxylic acids is 3. The first-order chi connectivity index (χ1) is 15.3. The average molecular weight is 463 g/mol. The van der Waals surface area contributed by atoms with Crippen LogP contribution >= 0.6 is 11.8 Å². The molecule has 0 spiro atoms. The first-order valence-electron chi connectivity index (χ1n) is 9.44. The van der Waals surface area contributed by atoms with Crippen molar-refractivity contribution in [3.8, 4) is 0 Å². The number of hydrogen-bond acceptors (Lipinski definition) is 7. The summed E-state index contributed by atoms with van der Waals surface area (Å²) in [6, 6.07) is 6.43. The van der Waals surface area contributed by atoms with Gasteiger partial charge < -0.3 is 20.5 Å². The summed E-state index contributed by atoms with van der Waals surface area (Å²) in [5.74, 6) is -3.36. The minimum absolute atomic E-state index is 0.0416. The predicted molar refractivity (Wildman–Crippen MR) is 116 cm³/mol. The van der Waals surface area contributed by atoms with Crippen molar-refractivity contribution in [2.24, 2.45) is 5.92 Å². The number of pyridine rings is 1. The number of amides is 2. The van der Waals surface area contributed by atoms with E-state index in [1.807, 2.05) is 0 Å². The second-order valence-corrected chi connectivity index (χ2v) is 7.69. The fourth-order valence-corrected chi connectivity index (χ4v) is 3.82. The molecule has 1 unspecified atom stereocenters. The highest BCUT2D eigenvalue weighted by Gasteiger charge is 2.26. The van der Waals surface area contributed by atoms with Crippen molar-refractivity contribution in [2.45, 2.75) is 12.5 Å². The third kappa shape index (κ3) is 7.99. The number of nitrogens with one attached hydrogen (secondary N) is 2. The molecule has 0 aliphatic rings. The molecule has 1 heterocycles. The van der Waals surface area contributed by atoms with Crippen LogP contribution in [0.3, 0.4) is 0 Å². The minimum Gasteiger partial charge on any atom is -0.481 e. The molecule has 3 N–H and O–H groups in total. The van der Waals surface area contributed by atoms with Gasteiger partial charge in [-0.1, -0.05) is 0 Å². The Hall–Kier alpha value is -3.47. The highest BCUT2D eigenvalue weighted by atomic mass is 32.2. The molecular formula is C21H22FN3O6S. The van der Waals surface area contributed by atoms with Gasteiger partial charge in [0.15, 0.2) is 5.78 Å². The number of carboxylic acid groups (broad SMARTS) is 1. The summed E-state index contributed by atoms with van der Waals surface area (Å²) in [5, 5.41) is 14.1. The van der Waals surface area contributed by atoms with Crippen LogP contribution in [-0.4, -0.2) is 58.5 Å². The van der Waals surface area contributed by atoms with E-state index in [-0.39, 0.29) is 23.7 Å². The molecule has 32 heavy (non-hydrogen) atoms. The molecule has 0 saturated carbocycles. The number of rotatable bonds is 11. The fraction of sp³-hybridized carbons (Fsp3) is 0.286. The average Bonchev–Trinajstić information content (AvgIpc) is 2.78. The maximum Gasteiger partial charge on any atom is 0.329 e. The molecular weight excluding hydrogens is 441 g/mol. The zero-order chi connectivity index (χ0) is 23.5. The van der Waals surface area contributed by atoms with E-state index in [0.717, 1.165) is 11.8 Å². The van der Waals surface area contributed by atoms with Crippen molar-refractivity contribution >= 4 is 41.2 Å². The first-order valence-corrected chi connectivity index (χ1v) is 10.6. The summed E-state index contributed by atoms with van der Waals surface area (Å²) in [6.07, 6.45) is 2.48. The maximum absolute atomic E-state index is 13.0. The molecule has 0 fully saturated rings. The van der Waals surface area contributed by atoms with E-state index in [4.69, 9.17) is 9.84 Å². The summed E-state index contributed by atoms with van der Waals surface area (Å²) >= 11 is 1.13. The monoisotopic (exact) mass is 463 g/mol. The molecule has 2 rings (SSSR count). The number of halogens is 1. The lowest BCUT2D eigenvalue weighted by Gasteiger charge is -2.18. The number of benzene rings is 1. The number of anilines is 1. The SMILES string of the molecule is COC(=O)[C@H](CSCC(CC(=O)O)C(=O)c1cccnc1)NC(=O)Nc1ccc(F)cc1. The van der Waals surface area contributed by atoms with E-state index in [0.29, 0.717) is 11.3 Å². The number of aromatic nitrogens is 1. The van der Waals surface area contributed by atoms with Crippen molar-refractivity contribution in [1.82, 2.24) is 10.3 Å². The van der Waals surface area contributed by atoms with Gasteiger partial charge in [-0.15, -0.1) is 0 Å². The van der Waals surface area contributed by atoms with E-state index < -0.39 is 35.7 Å². The number of esters is 1. The number of carboxylic acids is 1. The Bertz CT molecular complexity index is 942. The normalized spacial score (nSPS) is 12.3. The Morgan fingerprint density at radius 3 is 2.47 bits per heavy atom. The van der Waals surface area contributed by atoms with E-state index in [9.17, 15) is 23.6 Å². The summed E-state index contributed by atoms with van der Waals surface area (Å²) in [7, 11) is 1.17. The van der Waals surface area contributed by atoms with Gasteiger partial charge >= 0.3 is 18.0 Å². The van der Waals surface area contributed by atoms with Crippen LogP contribution in [0.1, 0.15) is 16.8 Å². The number of nitrogens with zero attached hydrogens (tertiary/aromatic N) is 1. The van der Waals surface area contributed by atoms with Gasteiger partial charge in [-0.25, -0.2) is 14.0 Å². The number of thioether (sulfide) groups is 1. The Balaban J connectivity index is 1.97. The number of methoxy groups -OCH3 is 1. The van der Waals surface area contributed by atoms with Crippen LogP contribution in [0.4, 0.5) is 14.9 Å². The number of carbonyl (C=O) groups is 4. The molecule has 1 aromatic carbocycles. The van der Waals surface area contributed by atoms with Crippen LogP contribution in [0.25, 0.3) is 0 Å². The Labute approximate surface area is 187 Å². The number of urea groups is 1. The van der Waals surface area contributed by atoms with Crippen LogP contribution in [0.2, 0.25) is 0 Å². The number of ether oxygens (including phenoxy) is 1. The van der Waals surface area contributed by atoms with Crippen LogP contribution < -0.4 is 10.6 Å². The van der Waals surface area contributed by atoms with Crippen LogP contribution in [0.5, 0.6) is 0 Å². The molecule has 11 heteroatoms. The third-order valence-corrected chi connectivity index (χ3v) is 5.44. The number of aliphatic carboxylic acids is 1. The van der Waals surface area contributed by atoms with Gasteiger partial charge in [-0.05, 0) is 36.4 Å². The maximum atomic E-state index is 13.0. The summed E-state index contributed by atoms with van der Waals surface area (Å²) < 4.78 is 17.7. The highest BCUT2D eigenvalue weighted by molar-refractivity contribution is 7.99. The van der Waals surface area contributed by atoms with Gasteiger partial charge in [0.25, 0.3) is 0 Å². The topological polar surface area (TPSA) is 135 Å². The molecule has 2 amide bonds. The largest absolute Gasteiger partial charge is 0.481 e. The molecule has 0 radical (unpaired) electrons. The number of Topliss-reactive ketones (excluding diaryl/α,β-unsaturated/α-hetero) is 1. The Morgan fingerprint density at radius 1 is 1.16 bits per heavy atom. The van der Waals surface area contributed by atoms with E-state index in [2.05, 4.69) is 15.6 Å². The molecule has 0 bridgehead atoms. The molecule has 2 aromatic rings. The molecule has 170 valence electrons. The quantitative estimate of drug-likeness (QED) is 0.342. The van der Waals surface area contributed by atoms with Crippen molar-refractivity contribution in [2.75, 3.05) is 23.9 Å². The van der Waals surface area contributed by atoms with Gasteiger partial charge in [0.05, 0.1) is 13.5 Å². The van der Waals surface area contributed by atoms with Gasteiger partial charge in [-0.3, -0.25) is 14.6 Å². The summed E-state index contributed by atoms with van der Waals surface area (Å²) in [4.78, 5) is 52.0. The summed E-state index contributed by atoms with van der Waals surface area (Å²) in [6.45, 7) is 0. The van der Waals surface area contributed by atoms with Crippen molar-refractivity contribution < 1.29 is 33.4 Å². The molecule has 0 aliphatic heterocycles. The van der Waals surface area contributed by atoms with Crippen molar-refractivity contribution in [1.29, 1.82) is 0 Å². The highest BCUT2D eigenvalue weighted by Crippen LogP contribution is 2.19. The lowest BCUT2D eigenvalue weighted by Crippen LogP contribution is -2.45.